The highest BCUT2D eigenvalue weighted by molar-refractivity contribution is 14.0. The Morgan fingerprint density at radius 3 is 2.80 bits per heavy atom. The van der Waals surface area contributed by atoms with Gasteiger partial charge < -0.3 is 15.4 Å². The van der Waals surface area contributed by atoms with E-state index in [0.717, 1.165) is 37.7 Å². The van der Waals surface area contributed by atoms with Crippen LogP contribution in [0.25, 0.3) is 0 Å². The number of aliphatic imine (C=N–C) groups is 1. The second-order valence-electron chi connectivity index (χ2n) is 5.05. The van der Waals surface area contributed by atoms with Gasteiger partial charge in [-0.05, 0) is 24.1 Å². The molecule has 1 aliphatic heterocycles. The van der Waals surface area contributed by atoms with Crippen LogP contribution in [0.1, 0.15) is 17.9 Å². The van der Waals surface area contributed by atoms with Gasteiger partial charge >= 0.3 is 0 Å². The fourth-order valence-electron chi connectivity index (χ4n) is 2.46. The predicted octanol–water partition coefficient (Wildman–Crippen LogP) is 2.46. The van der Waals surface area contributed by atoms with Gasteiger partial charge in [0.05, 0.1) is 19.3 Å². The molecule has 0 aromatic heterocycles. The van der Waals surface area contributed by atoms with E-state index in [-0.39, 0.29) is 24.0 Å². The van der Waals surface area contributed by atoms with Crippen molar-refractivity contribution in [2.24, 2.45) is 10.7 Å². The van der Waals surface area contributed by atoms with Gasteiger partial charge in [-0.25, -0.2) is 4.99 Å². The molecule has 1 aliphatic carbocycles. The summed E-state index contributed by atoms with van der Waals surface area (Å²) in [6, 6.07) is 8.32. The second-order valence-corrected chi connectivity index (χ2v) is 5.49. The van der Waals surface area contributed by atoms with Crippen LogP contribution < -0.4 is 5.73 Å². The Bertz CT molecular complexity index is 491. The van der Waals surface area contributed by atoms with E-state index in [1.807, 2.05) is 18.2 Å². The highest BCUT2D eigenvalue weighted by Crippen LogP contribution is 2.44. The molecule has 2 aliphatic rings. The molecule has 0 amide bonds. The smallest absolute Gasteiger partial charge is 0.191 e. The quantitative estimate of drug-likeness (QED) is 0.465. The summed E-state index contributed by atoms with van der Waals surface area (Å²) in [4.78, 5) is 6.72. The number of hydrogen-bond acceptors (Lipinski definition) is 2. The summed E-state index contributed by atoms with van der Waals surface area (Å²) in [5.74, 6) is 1.12. The minimum absolute atomic E-state index is 0. The third-order valence-corrected chi connectivity index (χ3v) is 3.90. The molecule has 3 rings (SSSR count). The second kappa shape index (κ2) is 6.95. The Balaban J connectivity index is 0.00000147. The number of benzene rings is 1. The Hall–Kier alpha value is -0.530. The van der Waals surface area contributed by atoms with Crippen LogP contribution in [-0.4, -0.2) is 43.2 Å². The summed E-state index contributed by atoms with van der Waals surface area (Å²) in [6.07, 6.45) is 1.06. The zero-order valence-electron chi connectivity index (χ0n) is 11.2. The van der Waals surface area contributed by atoms with Crippen molar-refractivity contribution in [3.8, 4) is 0 Å². The summed E-state index contributed by atoms with van der Waals surface area (Å²) < 4.78 is 5.31. The molecule has 1 heterocycles. The average molecular weight is 408 g/mol. The zero-order valence-corrected chi connectivity index (χ0v) is 14.3. The van der Waals surface area contributed by atoms with Crippen molar-refractivity contribution in [3.63, 3.8) is 0 Å². The summed E-state index contributed by atoms with van der Waals surface area (Å²) in [5, 5.41) is 0.785. The molecule has 2 fully saturated rings. The summed E-state index contributed by atoms with van der Waals surface area (Å²) >= 11 is 6.01. The molecule has 4 nitrogen and oxygen atoms in total. The van der Waals surface area contributed by atoms with Gasteiger partial charge in [0.1, 0.15) is 0 Å². The molecular formula is C14H19ClIN3O. The highest BCUT2D eigenvalue weighted by atomic mass is 127. The van der Waals surface area contributed by atoms with E-state index in [9.17, 15) is 0 Å². The lowest BCUT2D eigenvalue weighted by Gasteiger charge is -2.27. The maximum Gasteiger partial charge on any atom is 0.191 e. The minimum Gasteiger partial charge on any atom is -0.378 e. The molecule has 20 heavy (non-hydrogen) atoms. The van der Waals surface area contributed by atoms with Crippen LogP contribution in [0, 0.1) is 0 Å². The Morgan fingerprint density at radius 1 is 1.35 bits per heavy atom. The number of guanidine groups is 1. The number of halogens is 2. The Morgan fingerprint density at radius 2 is 2.10 bits per heavy atom. The molecule has 1 saturated carbocycles. The Kier molecular flexibility index (Phi) is 5.51. The monoisotopic (exact) mass is 407 g/mol. The first kappa shape index (κ1) is 15.9. The molecule has 0 spiro atoms. The van der Waals surface area contributed by atoms with Gasteiger partial charge in [-0.3, -0.25) is 0 Å². The lowest BCUT2D eigenvalue weighted by atomic mass is 10.1. The maximum absolute atomic E-state index is 6.05. The van der Waals surface area contributed by atoms with Gasteiger partial charge in [0, 0.05) is 24.0 Å². The van der Waals surface area contributed by atoms with Crippen LogP contribution in [0.3, 0.4) is 0 Å². The number of ether oxygens (including phenoxy) is 1. The average Bonchev–Trinajstić information content (AvgIpc) is 3.19. The van der Waals surface area contributed by atoms with Crippen molar-refractivity contribution >= 4 is 41.5 Å². The molecule has 1 aromatic rings. The molecule has 6 heteroatoms. The van der Waals surface area contributed by atoms with Gasteiger partial charge in [0.25, 0.3) is 0 Å². The number of morpholine rings is 1. The van der Waals surface area contributed by atoms with Gasteiger partial charge in [-0.15, -0.1) is 24.0 Å². The van der Waals surface area contributed by atoms with E-state index in [2.05, 4.69) is 16.0 Å². The largest absolute Gasteiger partial charge is 0.378 e. The molecule has 1 aromatic carbocycles. The SMILES string of the molecule is I.NC(=NC1CC1c1cccc(Cl)c1)N1CCOCC1. The molecule has 0 bridgehead atoms. The predicted molar refractivity (Wildman–Crippen MR) is 92.0 cm³/mol. The third kappa shape index (κ3) is 3.77. The molecule has 0 radical (unpaired) electrons. The maximum atomic E-state index is 6.05. The topological polar surface area (TPSA) is 50.8 Å². The van der Waals surface area contributed by atoms with Crippen molar-refractivity contribution in [1.29, 1.82) is 0 Å². The standard InChI is InChI=1S/C14H18ClN3O.HI/c15-11-3-1-2-10(8-11)12-9-13(12)17-14(16)18-4-6-19-7-5-18;/h1-3,8,12-13H,4-7,9H2,(H2,16,17);1H. The van der Waals surface area contributed by atoms with Gasteiger partial charge in [0.15, 0.2) is 5.96 Å². The normalized spacial score (nSPS) is 26.1. The molecule has 1 saturated heterocycles. The first-order chi connectivity index (χ1) is 9.24. The van der Waals surface area contributed by atoms with Crippen LogP contribution >= 0.6 is 35.6 Å². The van der Waals surface area contributed by atoms with E-state index in [1.54, 1.807) is 0 Å². The van der Waals surface area contributed by atoms with Crippen molar-refractivity contribution in [2.75, 3.05) is 26.3 Å². The van der Waals surface area contributed by atoms with Crippen molar-refractivity contribution in [3.05, 3.63) is 34.9 Å². The number of rotatable bonds is 2. The van der Waals surface area contributed by atoms with Crippen molar-refractivity contribution in [2.45, 2.75) is 18.4 Å². The zero-order chi connectivity index (χ0) is 13.2. The van der Waals surface area contributed by atoms with Crippen LogP contribution in [0.2, 0.25) is 5.02 Å². The molecule has 110 valence electrons. The van der Waals surface area contributed by atoms with Gasteiger partial charge in [-0.1, -0.05) is 23.7 Å². The summed E-state index contributed by atoms with van der Waals surface area (Å²) in [5.41, 5.74) is 7.31. The van der Waals surface area contributed by atoms with E-state index in [1.165, 1.54) is 5.56 Å². The van der Waals surface area contributed by atoms with Gasteiger partial charge in [0.2, 0.25) is 0 Å². The summed E-state index contributed by atoms with van der Waals surface area (Å²) in [6.45, 7) is 3.14. The highest BCUT2D eigenvalue weighted by Gasteiger charge is 2.39. The molecule has 2 atom stereocenters. The fraction of sp³-hybridized carbons (Fsp3) is 0.500. The number of nitrogens with two attached hydrogens (primary N) is 1. The minimum atomic E-state index is 0. The molecule has 2 unspecified atom stereocenters. The lowest BCUT2D eigenvalue weighted by molar-refractivity contribution is 0.0674. The van der Waals surface area contributed by atoms with Crippen molar-refractivity contribution < 1.29 is 4.74 Å². The molecule has 2 N–H and O–H groups in total. The van der Waals surface area contributed by atoms with E-state index in [4.69, 9.17) is 22.1 Å². The summed E-state index contributed by atoms with van der Waals surface area (Å²) in [7, 11) is 0. The van der Waals surface area contributed by atoms with E-state index >= 15 is 0 Å². The van der Waals surface area contributed by atoms with Crippen LogP contribution in [0.15, 0.2) is 29.3 Å². The third-order valence-electron chi connectivity index (χ3n) is 3.67. The van der Waals surface area contributed by atoms with Crippen molar-refractivity contribution in [1.82, 2.24) is 4.90 Å². The van der Waals surface area contributed by atoms with Crippen LogP contribution in [-0.2, 0) is 4.74 Å². The van der Waals surface area contributed by atoms with E-state index in [0.29, 0.717) is 17.9 Å². The molecular weight excluding hydrogens is 389 g/mol. The van der Waals surface area contributed by atoms with Crippen LogP contribution in [0.5, 0.6) is 0 Å². The fourth-order valence-corrected chi connectivity index (χ4v) is 2.66. The first-order valence-corrected chi connectivity index (χ1v) is 7.03. The number of hydrogen-bond donors (Lipinski definition) is 1. The first-order valence-electron chi connectivity index (χ1n) is 6.65. The lowest BCUT2D eigenvalue weighted by Crippen LogP contribution is -2.45. The van der Waals surface area contributed by atoms with Crippen LogP contribution in [0.4, 0.5) is 0 Å². The Labute approximate surface area is 141 Å². The van der Waals surface area contributed by atoms with Gasteiger partial charge in [-0.2, -0.15) is 0 Å². The van der Waals surface area contributed by atoms with E-state index < -0.39 is 0 Å². The number of nitrogens with zero attached hydrogens (tertiary/aromatic N) is 2.